The molecule has 0 saturated heterocycles. The lowest BCUT2D eigenvalue weighted by molar-refractivity contribution is 0.363. The van der Waals surface area contributed by atoms with Gasteiger partial charge in [0.15, 0.2) is 11.6 Å². The van der Waals surface area contributed by atoms with Crippen LogP contribution in [0.15, 0.2) is 60.0 Å². The van der Waals surface area contributed by atoms with E-state index in [4.69, 9.17) is 9.47 Å². The van der Waals surface area contributed by atoms with Gasteiger partial charge in [-0.25, -0.2) is 12.8 Å². The summed E-state index contributed by atoms with van der Waals surface area (Å²) < 4.78 is 50.7. The van der Waals surface area contributed by atoms with Crippen LogP contribution >= 0.6 is 0 Å². The normalized spacial score (nSPS) is 10.9. The van der Waals surface area contributed by atoms with Gasteiger partial charge in [0.1, 0.15) is 12.4 Å². The number of halogens is 1. The number of hydrogen-bond acceptors (Lipinski definition) is 4. The van der Waals surface area contributed by atoms with Crippen molar-refractivity contribution < 1.29 is 22.3 Å². The standard InChI is InChI=1S/C16H16FNO4S/c1-3-9-22-13-6-4-5-12(10-13)18-23(19,20)14-7-8-15(17)16(11-14)21-2/h3-8,10-11,18H,1,9H2,2H3. The molecule has 23 heavy (non-hydrogen) atoms. The Morgan fingerprint density at radius 2 is 2.04 bits per heavy atom. The molecule has 1 N–H and O–H groups in total. The fourth-order valence-electron chi connectivity index (χ4n) is 1.83. The lowest BCUT2D eigenvalue weighted by Gasteiger charge is -2.11. The molecule has 0 aromatic heterocycles. The largest absolute Gasteiger partial charge is 0.494 e. The summed E-state index contributed by atoms with van der Waals surface area (Å²) in [6.07, 6.45) is 1.58. The summed E-state index contributed by atoms with van der Waals surface area (Å²) in [6.45, 7) is 3.85. The summed E-state index contributed by atoms with van der Waals surface area (Å²) in [6, 6.07) is 9.80. The van der Waals surface area contributed by atoms with Crippen LogP contribution in [0.2, 0.25) is 0 Å². The second-order valence-electron chi connectivity index (χ2n) is 4.53. The molecule has 0 saturated carbocycles. The number of rotatable bonds is 7. The first kappa shape index (κ1) is 16.8. The maximum Gasteiger partial charge on any atom is 0.262 e. The van der Waals surface area contributed by atoms with Crippen molar-refractivity contribution >= 4 is 15.7 Å². The number of hydrogen-bond donors (Lipinski definition) is 1. The van der Waals surface area contributed by atoms with Crippen LogP contribution in [0.4, 0.5) is 10.1 Å². The van der Waals surface area contributed by atoms with Gasteiger partial charge >= 0.3 is 0 Å². The van der Waals surface area contributed by atoms with E-state index < -0.39 is 15.8 Å². The van der Waals surface area contributed by atoms with Crippen molar-refractivity contribution in [3.63, 3.8) is 0 Å². The molecule has 0 amide bonds. The van der Waals surface area contributed by atoms with Gasteiger partial charge in [-0.1, -0.05) is 18.7 Å². The number of nitrogens with one attached hydrogen (secondary N) is 1. The fourth-order valence-corrected chi connectivity index (χ4v) is 2.89. The molecule has 122 valence electrons. The third kappa shape index (κ3) is 4.23. The van der Waals surface area contributed by atoms with Crippen LogP contribution in [-0.4, -0.2) is 22.1 Å². The minimum absolute atomic E-state index is 0.104. The Balaban J connectivity index is 2.26. The van der Waals surface area contributed by atoms with Crippen LogP contribution in [0.3, 0.4) is 0 Å². The zero-order valence-corrected chi connectivity index (χ0v) is 13.3. The third-order valence-electron chi connectivity index (χ3n) is 2.89. The van der Waals surface area contributed by atoms with Crippen molar-refractivity contribution in [2.45, 2.75) is 4.90 Å². The number of benzene rings is 2. The molecule has 2 aromatic carbocycles. The van der Waals surface area contributed by atoms with E-state index in [9.17, 15) is 12.8 Å². The van der Waals surface area contributed by atoms with Crippen LogP contribution in [0.25, 0.3) is 0 Å². The zero-order valence-electron chi connectivity index (χ0n) is 12.5. The molecule has 2 aromatic rings. The highest BCUT2D eigenvalue weighted by molar-refractivity contribution is 7.92. The van der Waals surface area contributed by atoms with Crippen LogP contribution in [0.1, 0.15) is 0 Å². The first-order valence-electron chi connectivity index (χ1n) is 6.66. The van der Waals surface area contributed by atoms with Crippen molar-refractivity contribution in [1.82, 2.24) is 0 Å². The van der Waals surface area contributed by atoms with Gasteiger partial charge < -0.3 is 9.47 Å². The second-order valence-corrected chi connectivity index (χ2v) is 6.21. The number of sulfonamides is 1. The summed E-state index contributed by atoms with van der Waals surface area (Å²) in [5.41, 5.74) is 0.329. The predicted octanol–water partition coefficient (Wildman–Crippen LogP) is 3.20. The maximum atomic E-state index is 13.4. The van der Waals surface area contributed by atoms with E-state index in [0.717, 1.165) is 18.2 Å². The quantitative estimate of drug-likeness (QED) is 0.788. The minimum Gasteiger partial charge on any atom is -0.494 e. The highest BCUT2D eigenvalue weighted by atomic mass is 32.2. The average molecular weight is 337 g/mol. The number of ether oxygens (including phenoxy) is 2. The van der Waals surface area contributed by atoms with E-state index in [1.54, 1.807) is 30.3 Å². The Kier molecular flexibility index (Phi) is 5.23. The SMILES string of the molecule is C=CCOc1cccc(NS(=O)(=O)c2ccc(F)c(OC)c2)c1. The molecule has 0 heterocycles. The monoisotopic (exact) mass is 337 g/mol. The molecule has 2 rings (SSSR count). The lowest BCUT2D eigenvalue weighted by atomic mass is 10.3. The third-order valence-corrected chi connectivity index (χ3v) is 4.27. The number of methoxy groups -OCH3 is 1. The highest BCUT2D eigenvalue weighted by Crippen LogP contribution is 2.24. The van der Waals surface area contributed by atoms with Gasteiger partial charge in [0.2, 0.25) is 0 Å². The Morgan fingerprint density at radius 3 is 2.74 bits per heavy atom. The Labute approximate surface area is 134 Å². The Morgan fingerprint density at radius 1 is 1.26 bits per heavy atom. The van der Waals surface area contributed by atoms with Crippen molar-refractivity contribution in [3.05, 3.63) is 60.9 Å². The van der Waals surface area contributed by atoms with Crippen LogP contribution in [-0.2, 0) is 10.0 Å². The topological polar surface area (TPSA) is 64.6 Å². The van der Waals surface area contributed by atoms with Crippen molar-refractivity contribution in [3.8, 4) is 11.5 Å². The van der Waals surface area contributed by atoms with Crippen molar-refractivity contribution in [2.24, 2.45) is 0 Å². The van der Waals surface area contributed by atoms with Gasteiger partial charge in [-0.05, 0) is 24.3 Å². The average Bonchev–Trinajstić information content (AvgIpc) is 2.53. The molecular formula is C16H16FNO4S. The molecule has 0 fully saturated rings. The summed E-state index contributed by atoms with van der Waals surface area (Å²) in [5.74, 6) is -0.274. The summed E-state index contributed by atoms with van der Waals surface area (Å²) in [4.78, 5) is -0.104. The summed E-state index contributed by atoms with van der Waals surface area (Å²) >= 11 is 0. The van der Waals surface area contributed by atoms with Gasteiger partial charge in [-0.2, -0.15) is 0 Å². The molecule has 0 aliphatic rings. The van der Waals surface area contributed by atoms with Crippen molar-refractivity contribution in [2.75, 3.05) is 18.4 Å². The summed E-state index contributed by atoms with van der Waals surface area (Å²) in [5, 5.41) is 0. The van der Waals surface area contributed by atoms with Gasteiger partial charge in [-0.15, -0.1) is 0 Å². The molecule has 0 aliphatic carbocycles. The molecule has 0 atom stereocenters. The van der Waals surface area contributed by atoms with Gasteiger partial charge in [0.05, 0.1) is 17.7 Å². The van der Waals surface area contributed by atoms with E-state index in [2.05, 4.69) is 11.3 Å². The highest BCUT2D eigenvalue weighted by Gasteiger charge is 2.17. The molecular weight excluding hydrogens is 321 g/mol. The van der Waals surface area contributed by atoms with Gasteiger partial charge in [0, 0.05) is 12.1 Å². The van der Waals surface area contributed by atoms with E-state index >= 15 is 0 Å². The molecule has 0 aliphatic heterocycles. The summed E-state index contributed by atoms with van der Waals surface area (Å²) in [7, 11) is -2.61. The molecule has 0 unspecified atom stereocenters. The molecule has 0 radical (unpaired) electrons. The van der Waals surface area contributed by atoms with Crippen LogP contribution in [0, 0.1) is 5.82 Å². The van der Waals surface area contributed by atoms with Crippen LogP contribution in [0.5, 0.6) is 11.5 Å². The fraction of sp³-hybridized carbons (Fsp3) is 0.125. The number of anilines is 1. The minimum atomic E-state index is -3.87. The van der Waals surface area contributed by atoms with E-state index in [1.807, 2.05) is 0 Å². The maximum absolute atomic E-state index is 13.4. The molecule has 7 heteroatoms. The van der Waals surface area contributed by atoms with Gasteiger partial charge in [0.25, 0.3) is 10.0 Å². The smallest absolute Gasteiger partial charge is 0.262 e. The molecule has 5 nitrogen and oxygen atoms in total. The van der Waals surface area contributed by atoms with E-state index in [0.29, 0.717) is 18.0 Å². The Hall–Kier alpha value is -2.54. The van der Waals surface area contributed by atoms with Gasteiger partial charge in [-0.3, -0.25) is 4.72 Å². The molecule has 0 bridgehead atoms. The van der Waals surface area contributed by atoms with E-state index in [1.165, 1.54) is 7.11 Å². The first-order chi connectivity index (χ1) is 11.0. The van der Waals surface area contributed by atoms with Crippen molar-refractivity contribution in [1.29, 1.82) is 0 Å². The van der Waals surface area contributed by atoms with Crippen LogP contribution < -0.4 is 14.2 Å². The van der Waals surface area contributed by atoms with E-state index in [-0.39, 0.29) is 10.6 Å². The molecule has 0 spiro atoms. The lowest BCUT2D eigenvalue weighted by Crippen LogP contribution is -2.13. The first-order valence-corrected chi connectivity index (χ1v) is 8.14. The zero-order chi connectivity index (χ0) is 16.9. The predicted molar refractivity (Wildman–Crippen MR) is 85.9 cm³/mol. The Bertz CT molecular complexity index is 805. The second kappa shape index (κ2) is 7.15.